The molecule has 2 heterocycles. The molecule has 1 amide bonds. The minimum Gasteiger partial charge on any atom is -0.481 e. The summed E-state index contributed by atoms with van der Waals surface area (Å²) in [6.45, 7) is 5.78. The van der Waals surface area contributed by atoms with E-state index in [1.165, 1.54) is 11.3 Å². The molecule has 1 aliphatic heterocycles. The van der Waals surface area contributed by atoms with Crippen LogP contribution in [0, 0.1) is 5.92 Å². The average molecular weight is 282 g/mol. The van der Waals surface area contributed by atoms with Crippen LogP contribution >= 0.6 is 11.3 Å². The third-order valence-electron chi connectivity index (χ3n) is 3.34. The lowest BCUT2D eigenvalue weighted by atomic mass is 9.85. The number of amides is 1. The molecule has 0 radical (unpaired) electrons. The van der Waals surface area contributed by atoms with Gasteiger partial charge in [-0.25, -0.2) is 4.98 Å². The van der Waals surface area contributed by atoms with Crippen LogP contribution < -0.4 is 0 Å². The van der Waals surface area contributed by atoms with Gasteiger partial charge in [0, 0.05) is 23.5 Å². The third-order valence-corrected chi connectivity index (χ3v) is 4.19. The predicted octanol–water partition coefficient (Wildman–Crippen LogP) is 2.31. The van der Waals surface area contributed by atoms with Crippen molar-refractivity contribution in [3.8, 4) is 0 Å². The molecule has 6 heteroatoms. The van der Waals surface area contributed by atoms with Gasteiger partial charge in [0.25, 0.3) is 0 Å². The van der Waals surface area contributed by atoms with Gasteiger partial charge >= 0.3 is 5.97 Å². The molecule has 1 fully saturated rings. The van der Waals surface area contributed by atoms with Crippen molar-refractivity contribution >= 4 is 23.2 Å². The minimum absolute atomic E-state index is 0.00481. The molecule has 0 aromatic carbocycles. The zero-order valence-electron chi connectivity index (χ0n) is 11.3. The zero-order valence-corrected chi connectivity index (χ0v) is 12.1. The highest BCUT2D eigenvalue weighted by molar-refractivity contribution is 7.09. The van der Waals surface area contributed by atoms with Crippen LogP contribution in [0.4, 0.5) is 0 Å². The van der Waals surface area contributed by atoms with E-state index in [-0.39, 0.29) is 12.3 Å². The Labute approximate surface area is 116 Å². The minimum atomic E-state index is -0.859. The van der Waals surface area contributed by atoms with Crippen LogP contribution in [0.15, 0.2) is 11.6 Å². The number of nitrogens with zero attached hydrogens (tertiary/aromatic N) is 2. The Bertz CT molecular complexity index is 479. The molecule has 2 unspecified atom stereocenters. The lowest BCUT2D eigenvalue weighted by Crippen LogP contribution is -2.53. The van der Waals surface area contributed by atoms with E-state index in [0.717, 1.165) is 0 Å². The first kappa shape index (κ1) is 14.0. The fourth-order valence-corrected chi connectivity index (χ4v) is 3.40. The van der Waals surface area contributed by atoms with Gasteiger partial charge in [0.1, 0.15) is 5.01 Å². The second-order valence-corrected chi connectivity index (χ2v) is 6.66. The monoisotopic (exact) mass is 282 g/mol. The van der Waals surface area contributed by atoms with Crippen LogP contribution in [0.3, 0.4) is 0 Å². The Morgan fingerprint density at radius 2 is 2.21 bits per heavy atom. The molecule has 1 aliphatic rings. The van der Waals surface area contributed by atoms with E-state index in [1.807, 2.05) is 26.2 Å². The number of carbonyl (C=O) groups excluding carboxylic acids is 1. The van der Waals surface area contributed by atoms with Crippen molar-refractivity contribution in [1.29, 1.82) is 0 Å². The Balaban J connectivity index is 2.47. The Morgan fingerprint density at radius 1 is 1.53 bits per heavy atom. The highest BCUT2D eigenvalue weighted by Gasteiger charge is 2.46. The number of carbonyl (C=O) groups is 2. The first-order valence-electron chi connectivity index (χ1n) is 6.26. The number of hydrogen-bond donors (Lipinski definition) is 1. The molecular weight excluding hydrogens is 264 g/mol. The number of aromatic nitrogens is 1. The van der Waals surface area contributed by atoms with Crippen LogP contribution in [0.5, 0.6) is 0 Å². The maximum Gasteiger partial charge on any atom is 0.309 e. The molecule has 0 bridgehead atoms. The van der Waals surface area contributed by atoms with Crippen LogP contribution in [0.25, 0.3) is 0 Å². The summed E-state index contributed by atoms with van der Waals surface area (Å²) in [7, 11) is 0. The van der Waals surface area contributed by atoms with Crippen molar-refractivity contribution in [1.82, 2.24) is 9.88 Å². The molecule has 2 rings (SSSR count). The van der Waals surface area contributed by atoms with Gasteiger partial charge < -0.3 is 10.0 Å². The number of hydrogen-bond acceptors (Lipinski definition) is 4. The normalized spacial score (nSPS) is 24.6. The summed E-state index contributed by atoms with van der Waals surface area (Å²) in [5.74, 6) is -1.43. The predicted molar refractivity (Wildman–Crippen MR) is 71.8 cm³/mol. The molecule has 1 aromatic heterocycles. The zero-order chi connectivity index (χ0) is 14.2. The molecule has 1 aromatic rings. The highest BCUT2D eigenvalue weighted by Crippen LogP contribution is 2.41. The molecule has 104 valence electrons. The number of carboxylic acid groups (broad SMARTS) is 1. The molecular formula is C13H18N2O3S. The van der Waals surface area contributed by atoms with Gasteiger partial charge in [-0.1, -0.05) is 0 Å². The van der Waals surface area contributed by atoms with Crippen molar-refractivity contribution in [3.05, 3.63) is 16.6 Å². The van der Waals surface area contributed by atoms with Crippen molar-refractivity contribution < 1.29 is 14.7 Å². The summed E-state index contributed by atoms with van der Waals surface area (Å²) in [5.41, 5.74) is -0.415. The second kappa shape index (κ2) is 4.92. The van der Waals surface area contributed by atoms with Gasteiger partial charge in [-0.3, -0.25) is 9.59 Å². The molecule has 1 saturated heterocycles. The SMILES string of the molecule is CC(C)(C)N1C(=O)CCC(C(=O)O)C1c1nccs1. The van der Waals surface area contributed by atoms with Crippen molar-refractivity contribution in [2.75, 3.05) is 0 Å². The van der Waals surface area contributed by atoms with Gasteiger partial charge in [0.05, 0.1) is 12.0 Å². The fraction of sp³-hybridized carbons (Fsp3) is 0.615. The Morgan fingerprint density at radius 3 is 2.68 bits per heavy atom. The number of carboxylic acids is 1. The van der Waals surface area contributed by atoms with Crippen LogP contribution in [0.2, 0.25) is 0 Å². The van der Waals surface area contributed by atoms with Crippen LogP contribution in [-0.4, -0.2) is 32.4 Å². The number of thiazole rings is 1. The van der Waals surface area contributed by atoms with E-state index in [1.54, 1.807) is 11.1 Å². The van der Waals surface area contributed by atoms with Crippen LogP contribution in [0.1, 0.15) is 44.7 Å². The quantitative estimate of drug-likeness (QED) is 0.903. The van der Waals surface area contributed by atoms with Gasteiger partial charge in [0.2, 0.25) is 5.91 Å². The number of rotatable bonds is 2. The molecule has 2 atom stereocenters. The number of likely N-dealkylation sites (tertiary alicyclic amines) is 1. The first-order chi connectivity index (χ1) is 8.82. The highest BCUT2D eigenvalue weighted by atomic mass is 32.1. The molecule has 0 aliphatic carbocycles. The average Bonchev–Trinajstić information content (AvgIpc) is 2.79. The number of aliphatic carboxylic acids is 1. The van der Waals surface area contributed by atoms with E-state index in [4.69, 9.17) is 0 Å². The van der Waals surface area contributed by atoms with E-state index in [2.05, 4.69) is 4.98 Å². The summed E-state index contributed by atoms with van der Waals surface area (Å²) < 4.78 is 0. The summed E-state index contributed by atoms with van der Waals surface area (Å²) in [4.78, 5) is 29.6. The molecule has 1 N–H and O–H groups in total. The van der Waals surface area contributed by atoms with Crippen LogP contribution in [-0.2, 0) is 9.59 Å². The second-order valence-electron chi connectivity index (χ2n) is 5.73. The molecule has 0 saturated carbocycles. The van der Waals surface area contributed by atoms with Gasteiger partial charge in [-0.2, -0.15) is 0 Å². The summed E-state index contributed by atoms with van der Waals surface area (Å²) in [6.07, 6.45) is 2.32. The van der Waals surface area contributed by atoms with E-state index in [9.17, 15) is 14.7 Å². The van der Waals surface area contributed by atoms with E-state index in [0.29, 0.717) is 11.4 Å². The maximum atomic E-state index is 12.2. The van der Waals surface area contributed by atoms with Gasteiger partial charge in [0.15, 0.2) is 0 Å². The fourth-order valence-electron chi connectivity index (χ4n) is 2.61. The molecule has 0 spiro atoms. The van der Waals surface area contributed by atoms with E-state index < -0.39 is 23.5 Å². The van der Waals surface area contributed by atoms with Gasteiger partial charge in [-0.05, 0) is 27.2 Å². The lowest BCUT2D eigenvalue weighted by Gasteiger charge is -2.46. The summed E-state index contributed by atoms with van der Waals surface area (Å²) >= 11 is 1.40. The summed E-state index contributed by atoms with van der Waals surface area (Å²) in [6, 6.07) is -0.459. The Kier molecular flexibility index (Phi) is 3.62. The standard InChI is InChI=1S/C13H18N2O3S/c1-13(2,3)15-9(16)5-4-8(12(17)18)10(15)11-14-6-7-19-11/h6-8,10H,4-5H2,1-3H3,(H,17,18). The Hall–Kier alpha value is -1.43. The van der Waals surface area contributed by atoms with Gasteiger partial charge in [-0.15, -0.1) is 11.3 Å². The molecule has 19 heavy (non-hydrogen) atoms. The number of piperidine rings is 1. The van der Waals surface area contributed by atoms with Crippen molar-refractivity contribution in [3.63, 3.8) is 0 Å². The first-order valence-corrected chi connectivity index (χ1v) is 7.14. The topological polar surface area (TPSA) is 70.5 Å². The van der Waals surface area contributed by atoms with Crippen molar-refractivity contribution in [2.45, 2.75) is 45.2 Å². The largest absolute Gasteiger partial charge is 0.481 e. The lowest BCUT2D eigenvalue weighted by molar-refractivity contribution is -0.156. The third kappa shape index (κ3) is 2.63. The van der Waals surface area contributed by atoms with Crippen molar-refractivity contribution in [2.24, 2.45) is 5.92 Å². The maximum absolute atomic E-state index is 12.2. The summed E-state index contributed by atoms with van der Waals surface area (Å²) in [5, 5.41) is 11.9. The van der Waals surface area contributed by atoms with E-state index >= 15 is 0 Å². The molecule has 5 nitrogen and oxygen atoms in total. The smallest absolute Gasteiger partial charge is 0.309 e.